The average molecular weight is 226 g/mol. The van der Waals surface area contributed by atoms with Crippen molar-refractivity contribution in [1.29, 1.82) is 0 Å². The van der Waals surface area contributed by atoms with Gasteiger partial charge in [0.05, 0.1) is 6.54 Å². The number of piperazine rings is 1. The van der Waals surface area contributed by atoms with Gasteiger partial charge in [0.2, 0.25) is 0 Å². The van der Waals surface area contributed by atoms with Crippen molar-refractivity contribution in [2.75, 3.05) is 39.3 Å². The third kappa shape index (κ3) is 4.22. The van der Waals surface area contributed by atoms with E-state index in [0.29, 0.717) is 18.2 Å². The molecule has 0 aromatic rings. The zero-order valence-corrected chi connectivity index (χ0v) is 11.0. The van der Waals surface area contributed by atoms with Gasteiger partial charge >= 0.3 is 0 Å². The summed E-state index contributed by atoms with van der Waals surface area (Å²) in [6.07, 6.45) is 2.29. The fourth-order valence-corrected chi connectivity index (χ4v) is 2.02. The summed E-state index contributed by atoms with van der Waals surface area (Å²) in [6.45, 7) is 12.5. The summed E-state index contributed by atoms with van der Waals surface area (Å²) in [5.74, 6) is 0.911. The molecule has 1 aliphatic heterocycles. The largest absolute Gasteiger partial charge is 0.301 e. The van der Waals surface area contributed by atoms with Crippen LogP contribution < -0.4 is 0 Å². The maximum atomic E-state index is 11.6. The standard InChI is InChI=1S/C11H20N2O.C2H6/c1-2-12-5-7-13(8-6-12)9-11(14)10-3-4-10;1-2/h10H,2-9H2,1H3;1-2H3. The third-order valence-electron chi connectivity index (χ3n) is 3.32. The lowest BCUT2D eigenvalue weighted by atomic mass is 10.2. The van der Waals surface area contributed by atoms with E-state index in [1.54, 1.807) is 0 Å². The van der Waals surface area contributed by atoms with E-state index in [2.05, 4.69) is 16.7 Å². The van der Waals surface area contributed by atoms with Crippen LogP contribution in [0.25, 0.3) is 0 Å². The number of Topliss-reactive ketones (excluding diaryl/α,β-unsaturated/α-hetero) is 1. The van der Waals surface area contributed by atoms with Crippen molar-refractivity contribution in [2.24, 2.45) is 5.92 Å². The van der Waals surface area contributed by atoms with E-state index in [9.17, 15) is 4.79 Å². The van der Waals surface area contributed by atoms with Crippen LogP contribution in [0.15, 0.2) is 0 Å². The first kappa shape index (κ1) is 13.7. The Kier molecular flexibility index (Phi) is 5.99. The number of rotatable bonds is 4. The lowest BCUT2D eigenvalue weighted by Gasteiger charge is -2.33. The van der Waals surface area contributed by atoms with Crippen LogP contribution >= 0.6 is 0 Å². The summed E-state index contributed by atoms with van der Waals surface area (Å²) in [6, 6.07) is 0. The van der Waals surface area contributed by atoms with E-state index >= 15 is 0 Å². The van der Waals surface area contributed by atoms with Crippen LogP contribution in [0.1, 0.15) is 33.6 Å². The highest BCUT2D eigenvalue weighted by Crippen LogP contribution is 2.29. The predicted molar refractivity (Wildman–Crippen MR) is 67.6 cm³/mol. The van der Waals surface area contributed by atoms with Crippen LogP contribution in [0, 0.1) is 5.92 Å². The number of nitrogens with zero attached hydrogens (tertiary/aromatic N) is 2. The van der Waals surface area contributed by atoms with Gasteiger partial charge in [0.25, 0.3) is 0 Å². The second kappa shape index (κ2) is 7.02. The first-order valence-electron chi connectivity index (χ1n) is 6.77. The minimum atomic E-state index is 0.430. The molecule has 1 heterocycles. The van der Waals surface area contributed by atoms with Crippen molar-refractivity contribution in [2.45, 2.75) is 33.6 Å². The number of hydrogen-bond donors (Lipinski definition) is 0. The molecule has 2 rings (SSSR count). The van der Waals surface area contributed by atoms with Gasteiger partial charge in [-0.1, -0.05) is 20.8 Å². The quantitative estimate of drug-likeness (QED) is 0.728. The van der Waals surface area contributed by atoms with Crippen LogP contribution in [0.2, 0.25) is 0 Å². The Bertz CT molecular complexity index is 206. The van der Waals surface area contributed by atoms with E-state index < -0.39 is 0 Å². The molecular formula is C13H26N2O. The van der Waals surface area contributed by atoms with Gasteiger partial charge < -0.3 is 4.90 Å². The summed E-state index contributed by atoms with van der Waals surface area (Å²) in [7, 11) is 0. The van der Waals surface area contributed by atoms with Crippen molar-refractivity contribution in [1.82, 2.24) is 9.80 Å². The number of carbonyl (C=O) groups is 1. The first-order chi connectivity index (χ1) is 7.79. The van der Waals surface area contributed by atoms with Crippen LogP contribution in [-0.2, 0) is 4.79 Å². The molecule has 0 spiro atoms. The number of ketones is 1. The maximum absolute atomic E-state index is 11.6. The molecule has 3 heteroatoms. The van der Waals surface area contributed by atoms with Gasteiger partial charge in [0.15, 0.2) is 0 Å². The SMILES string of the molecule is CC.CCN1CCN(CC(=O)C2CC2)CC1. The highest BCUT2D eigenvalue weighted by atomic mass is 16.1. The maximum Gasteiger partial charge on any atom is 0.149 e. The molecule has 1 saturated heterocycles. The molecule has 0 aromatic carbocycles. The van der Waals surface area contributed by atoms with Crippen molar-refractivity contribution in [3.8, 4) is 0 Å². The molecule has 0 bridgehead atoms. The van der Waals surface area contributed by atoms with Crippen molar-refractivity contribution in [3.05, 3.63) is 0 Å². The van der Waals surface area contributed by atoms with Crippen molar-refractivity contribution < 1.29 is 4.79 Å². The molecule has 1 saturated carbocycles. The Morgan fingerprint density at radius 2 is 1.56 bits per heavy atom. The second-order valence-corrected chi connectivity index (χ2v) is 4.45. The van der Waals surface area contributed by atoms with Crippen molar-refractivity contribution >= 4 is 5.78 Å². The summed E-state index contributed by atoms with van der Waals surface area (Å²) in [5.41, 5.74) is 0. The van der Waals surface area contributed by atoms with Crippen LogP contribution in [0.3, 0.4) is 0 Å². The molecule has 0 unspecified atom stereocenters. The van der Waals surface area contributed by atoms with Gasteiger partial charge in [-0.15, -0.1) is 0 Å². The Hall–Kier alpha value is -0.410. The fourth-order valence-electron chi connectivity index (χ4n) is 2.02. The first-order valence-corrected chi connectivity index (χ1v) is 6.77. The van der Waals surface area contributed by atoms with Crippen LogP contribution in [-0.4, -0.2) is 54.9 Å². The topological polar surface area (TPSA) is 23.6 Å². The fraction of sp³-hybridized carbons (Fsp3) is 0.923. The molecule has 0 atom stereocenters. The Morgan fingerprint density at radius 3 is 2.00 bits per heavy atom. The lowest BCUT2D eigenvalue weighted by molar-refractivity contribution is -0.121. The van der Waals surface area contributed by atoms with Gasteiger partial charge in [0.1, 0.15) is 5.78 Å². The van der Waals surface area contributed by atoms with E-state index in [1.165, 1.54) is 0 Å². The minimum Gasteiger partial charge on any atom is -0.301 e. The molecule has 1 aliphatic carbocycles. The molecule has 94 valence electrons. The van der Waals surface area contributed by atoms with Crippen molar-refractivity contribution in [3.63, 3.8) is 0 Å². The molecule has 16 heavy (non-hydrogen) atoms. The number of likely N-dealkylation sites (N-methyl/N-ethyl adjacent to an activating group) is 1. The Balaban J connectivity index is 0.000000606. The molecule has 0 aromatic heterocycles. The average Bonchev–Trinajstić information content (AvgIpc) is 3.16. The van der Waals surface area contributed by atoms with Gasteiger partial charge in [0, 0.05) is 32.1 Å². The summed E-state index contributed by atoms with van der Waals surface area (Å²) >= 11 is 0. The Morgan fingerprint density at radius 1 is 1.06 bits per heavy atom. The smallest absolute Gasteiger partial charge is 0.149 e. The van der Waals surface area contributed by atoms with Gasteiger partial charge in [-0.05, 0) is 19.4 Å². The van der Waals surface area contributed by atoms with Gasteiger partial charge in [-0.25, -0.2) is 0 Å². The number of hydrogen-bond acceptors (Lipinski definition) is 3. The molecule has 0 N–H and O–H groups in total. The summed E-state index contributed by atoms with van der Waals surface area (Å²) in [4.78, 5) is 16.3. The van der Waals surface area contributed by atoms with Crippen LogP contribution in [0.4, 0.5) is 0 Å². The zero-order valence-electron chi connectivity index (χ0n) is 11.0. The molecular weight excluding hydrogens is 200 g/mol. The van der Waals surface area contributed by atoms with E-state index in [1.807, 2.05) is 13.8 Å². The zero-order chi connectivity index (χ0) is 12.0. The van der Waals surface area contributed by atoms with Gasteiger partial charge in [-0.2, -0.15) is 0 Å². The summed E-state index contributed by atoms with van der Waals surface area (Å²) in [5, 5.41) is 0. The molecule has 0 radical (unpaired) electrons. The number of carbonyl (C=O) groups excluding carboxylic acids is 1. The monoisotopic (exact) mass is 226 g/mol. The third-order valence-corrected chi connectivity index (χ3v) is 3.32. The summed E-state index contributed by atoms with van der Waals surface area (Å²) < 4.78 is 0. The minimum absolute atomic E-state index is 0.430. The highest BCUT2D eigenvalue weighted by molar-refractivity contribution is 5.84. The Labute approximate surface area is 99.8 Å². The lowest BCUT2D eigenvalue weighted by Crippen LogP contribution is -2.47. The highest BCUT2D eigenvalue weighted by Gasteiger charge is 2.30. The molecule has 3 nitrogen and oxygen atoms in total. The van der Waals surface area contributed by atoms with E-state index in [-0.39, 0.29) is 0 Å². The molecule has 0 amide bonds. The van der Waals surface area contributed by atoms with E-state index in [4.69, 9.17) is 0 Å². The second-order valence-electron chi connectivity index (χ2n) is 4.45. The molecule has 2 aliphatic rings. The predicted octanol–water partition coefficient (Wildman–Crippen LogP) is 1.63. The molecule has 2 fully saturated rings. The van der Waals surface area contributed by atoms with Gasteiger partial charge in [-0.3, -0.25) is 9.69 Å². The van der Waals surface area contributed by atoms with Crippen LogP contribution in [0.5, 0.6) is 0 Å². The normalized spacial score (nSPS) is 22.4. The van der Waals surface area contributed by atoms with E-state index in [0.717, 1.165) is 45.6 Å².